The number of piperidine rings is 1. The van der Waals surface area contributed by atoms with Crippen molar-refractivity contribution in [1.29, 1.82) is 0 Å². The molecule has 0 bridgehead atoms. The minimum atomic E-state index is -3.88. The van der Waals surface area contributed by atoms with Crippen LogP contribution in [-0.4, -0.2) is 55.7 Å². The van der Waals surface area contributed by atoms with Crippen LogP contribution in [0.5, 0.6) is 0 Å². The van der Waals surface area contributed by atoms with Crippen molar-refractivity contribution >= 4 is 21.9 Å². The summed E-state index contributed by atoms with van der Waals surface area (Å²) in [5.74, 6) is -0.707. The molecule has 0 radical (unpaired) electrons. The van der Waals surface area contributed by atoms with Gasteiger partial charge in [-0.15, -0.1) is 0 Å². The van der Waals surface area contributed by atoms with Crippen LogP contribution in [0, 0.1) is 19.8 Å². The highest BCUT2D eigenvalue weighted by Crippen LogP contribution is 2.22. The zero-order valence-corrected chi connectivity index (χ0v) is 20.3. The minimum Gasteiger partial charge on any atom is -0.466 e. The van der Waals surface area contributed by atoms with Gasteiger partial charge in [-0.2, -0.15) is 4.31 Å². The largest absolute Gasteiger partial charge is 0.466 e. The normalized spacial score (nSPS) is 15.0. The lowest BCUT2D eigenvalue weighted by Gasteiger charge is -2.32. The molecule has 2 aromatic carbocycles. The van der Waals surface area contributed by atoms with Crippen molar-refractivity contribution in [2.75, 3.05) is 26.2 Å². The van der Waals surface area contributed by atoms with Gasteiger partial charge in [0.2, 0.25) is 15.9 Å². The molecule has 1 amide bonds. The van der Waals surface area contributed by atoms with E-state index in [-0.39, 0.29) is 35.8 Å². The lowest BCUT2D eigenvalue weighted by molar-refractivity contribution is -0.151. The Kier molecular flexibility index (Phi) is 8.26. The molecule has 1 aliphatic rings. The van der Waals surface area contributed by atoms with Gasteiger partial charge in [-0.25, -0.2) is 8.42 Å². The first-order chi connectivity index (χ1) is 15.7. The molecule has 2 aromatic rings. The molecule has 0 spiro atoms. The van der Waals surface area contributed by atoms with Gasteiger partial charge in [-0.3, -0.25) is 9.59 Å². The van der Waals surface area contributed by atoms with Crippen molar-refractivity contribution in [3.63, 3.8) is 0 Å². The maximum atomic E-state index is 13.5. The molecule has 0 aliphatic carbocycles. The first-order valence-corrected chi connectivity index (χ1v) is 12.7. The Morgan fingerprint density at radius 1 is 1.03 bits per heavy atom. The number of aryl methyl sites for hydroxylation is 2. The molecule has 8 heteroatoms. The smallest absolute Gasteiger partial charge is 0.309 e. The van der Waals surface area contributed by atoms with Crippen molar-refractivity contribution in [3.8, 4) is 0 Å². The van der Waals surface area contributed by atoms with Crippen LogP contribution in [0.2, 0.25) is 0 Å². The van der Waals surface area contributed by atoms with Gasteiger partial charge in [0, 0.05) is 19.6 Å². The van der Waals surface area contributed by atoms with Gasteiger partial charge in [0.25, 0.3) is 0 Å². The van der Waals surface area contributed by atoms with E-state index in [2.05, 4.69) is 0 Å². The number of carbonyl (C=O) groups is 2. The Morgan fingerprint density at radius 3 is 2.30 bits per heavy atom. The van der Waals surface area contributed by atoms with E-state index >= 15 is 0 Å². The summed E-state index contributed by atoms with van der Waals surface area (Å²) >= 11 is 0. The van der Waals surface area contributed by atoms with Gasteiger partial charge in [0.05, 0.1) is 24.0 Å². The molecule has 0 atom stereocenters. The van der Waals surface area contributed by atoms with Gasteiger partial charge in [-0.05, 0) is 51.3 Å². The average molecular weight is 473 g/mol. The molecule has 33 heavy (non-hydrogen) atoms. The summed E-state index contributed by atoms with van der Waals surface area (Å²) in [5, 5.41) is 0. The van der Waals surface area contributed by atoms with Crippen molar-refractivity contribution in [1.82, 2.24) is 9.21 Å². The van der Waals surface area contributed by atoms with E-state index in [9.17, 15) is 18.0 Å². The topological polar surface area (TPSA) is 84.0 Å². The number of amides is 1. The zero-order valence-electron chi connectivity index (χ0n) is 19.5. The van der Waals surface area contributed by atoms with Crippen LogP contribution in [0.25, 0.3) is 0 Å². The second-order valence-corrected chi connectivity index (χ2v) is 10.4. The summed E-state index contributed by atoms with van der Waals surface area (Å²) in [6.07, 6.45) is 1.04. The Bertz CT molecular complexity index is 1070. The number of hydrogen-bond donors (Lipinski definition) is 0. The molecule has 7 nitrogen and oxygen atoms in total. The molecule has 3 rings (SSSR count). The predicted octanol–water partition coefficient (Wildman–Crippen LogP) is 3.30. The van der Waals surface area contributed by atoms with Gasteiger partial charge in [0.1, 0.15) is 0 Å². The second kappa shape index (κ2) is 10.9. The molecule has 1 heterocycles. The Balaban J connectivity index is 1.77. The summed E-state index contributed by atoms with van der Waals surface area (Å²) < 4.78 is 33.2. The van der Waals surface area contributed by atoms with Crippen molar-refractivity contribution in [3.05, 3.63) is 65.2 Å². The van der Waals surface area contributed by atoms with Crippen molar-refractivity contribution in [2.45, 2.75) is 45.1 Å². The third kappa shape index (κ3) is 6.42. The van der Waals surface area contributed by atoms with E-state index in [4.69, 9.17) is 4.74 Å². The summed E-state index contributed by atoms with van der Waals surface area (Å²) in [6.45, 7) is 6.61. The highest BCUT2D eigenvalue weighted by molar-refractivity contribution is 7.89. The Morgan fingerprint density at radius 2 is 1.70 bits per heavy atom. The fourth-order valence-corrected chi connectivity index (χ4v) is 5.35. The third-order valence-electron chi connectivity index (χ3n) is 5.88. The quantitative estimate of drug-likeness (QED) is 0.551. The molecule has 1 aliphatic heterocycles. The van der Waals surface area contributed by atoms with Crippen LogP contribution in [0.1, 0.15) is 36.5 Å². The fourth-order valence-electron chi connectivity index (χ4n) is 3.97. The monoisotopic (exact) mass is 472 g/mol. The lowest BCUT2D eigenvalue weighted by Crippen LogP contribution is -2.46. The van der Waals surface area contributed by atoms with Crippen LogP contribution in [-0.2, 0) is 30.9 Å². The first kappa shape index (κ1) is 24.9. The molecule has 0 N–H and O–H groups in total. The zero-order chi connectivity index (χ0) is 24.0. The molecule has 0 aromatic heterocycles. The van der Waals surface area contributed by atoms with Gasteiger partial charge < -0.3 is 9.64 Å². The number of likely N-dealkylation sites (tertiary alicyclic amines) is 1. The van der Waals surface area contributed by atoms with Crippen molar-refractivity contribution in [2.24, 2.45) is 5.92 Å². The summed E-state index contributed by atoms with van der Waals surface area (Å²) in [4.78, 5) is 26.9. The molecule has 0 saturated carbocycles. The number of rotatable bonds is 8. The maximum Gasteiger partial charge on any atom is 0.309 e. The molecule has 0 unspecified atom stereocenters. The molecule has 1 saturated heterocycles. The number of sulfonamides is 1. The second-order valence-electron chi connectivity index (χ2n) is 8.48. The highest BCUT2D eigenvalue weighted by atomic mass is 32.2. The third-order valence-corrected chi connectivity index (χ3v) is 7.69. The molecular weight excluding hydrogens is 440 g/mol. The number of carbonyl (C=O) groups excluding carboxylic acids is 2. The molecule has 178 valence electrons. The van der Waals surface area contributed by atoms with Crippen molar-refractivity contribution < 1.29 is 22.7 Å². The van der Waals surface area contributed by atoms with Crippen LogP contribution in [0.4, 0.5) is 0 Å². The van der Waals surface area contributed by atoms with Gasteiger partial charge in [0.15, 0.2) is 0 Å². The standard InChI is InChI=1S/C25H32N2O5S/c1-4-32-25(29)22-12-14-26(15-13-22)24(28)18-27(17-21-7-5-6-20(3)16-21)33(30,31)23-10-8-19(2)9-11-23/h5-11,16,22H,4,12-15,17-18H2,1-3H3. The maximum absolute atomic E-state index is 13.5. The van der Waals surface area contributed by atoms with E-state index in [1.807, 2.05) is 38.1 Å². The summed E-state index contributed by atoms with van der Waals surface area (Å²) in [6, 6.07) is 14.3. The Hall–Kier alpha value is -2.71. The van der Waals surface area contributed by atoms with E-state index in [0.717, 1.165) is 16.7 Å². The number of ether oxygens (including phenoxy) is 1. The van der Waals surface area contributed by atoms with Crippen LogP contribution < -0.4 is 0 Å². The van der Waals surface area contributed by atoms with E-state index in [0.29, 0.717) is 32.5 Å². The van der Waals surface area contributed by atoms with Crippen LogP contribution in [0.3, 0.4) is 0 Å². The summed E-state index contributed by atoms with van der Waals surface area (Å²) in [5.41, 5.74) is 2.80. The molecular formula is C25H32N2O5S. The number of esters is 1. The first-order valence-electron chi connectivity index (χ1n) is 11.3. The van der Waals surface area contributed by atoms with E-state index in [1.165, 1.54) is 4.31 Å². The minimum absolute atomic E-state index is 0.100. The van der Waals surface area contributed by atoms with E-state index in [1.54, 1.807) is 36.1 Å². The molecule has 1 fully saturated rings. The Labute approximate surface area is 196 Å². The van der Waals surface area contributed by atoms with Crippen LogP contribution >= 0.6 is 0 Å². The SMILES string of the molecule is CCOC(=O)C1CCN(C(=O)CN(Cc2cccc(C)c2)S(=O)(=O)c2ccc(C)cc2)CC1. The number of benzene rings is 2. The lowest BCUT2D eigenvalue weighted by atomic mass is 9.97. The average Bonchev–Trinajstić information content (AvgIpc) is 2.79. The van der Waals surface area contributed by atoms with Gasteiger partial charge >= 0.3 is 5.97 Å². The van der Waals surface area contributed by atoms with Crippen LogP contribution in [0.15, 0.2) is 53.4 Å². The number of hydrogen-bond acceptors (Lipinski definition) is 5. The van der Waals surface area contributed by atoms with E-state index < -0.39 is 10.0 Å². The summed E-state index contributed by atoms with van der Waals surface area (Å²) in [7, 11) is -3.88. The number of nitrogens with zero attached hydrogens (tertiary/aromatic N) is 2. The van der Waals surface area contributed by atoms with Gasteiger partial charge in [-0.1, -0.05) is 47.5 Å². The highest BCUT2D eigenvalue weighted by Gasteiger charge is 2.32. The predicted molar refractivity (Wildman–Crippen MR) is 126 cm³/mol. The fraction of sp³-hybridized carbons (Fsp3) is 0.440.